The van der Waals surface area contributed by atoms with Crippen LogP contribution < -0.4 is 5.32 Å². The van der Waals surface area contributed by atoms with Crippen LogP contribution in [0.1, 0.15) is 13.8 Å². The lowest BCUT2D eigenvalue weighted by Crippen LogP contribution is -2.18. The first-order valence-corrected chi connectivity index (χ1v) is 4.28. The molecule has 0 bridgehead atoms. The molecular weight excluding hydrogens is 203 g/mol. The van der Waals surface area contributed by atoms with E-state index in [-0.39, 0.29) is 11.0 Å². The second-order valence-corrected chi connectivity index (χ2v) is 2.78. The number of hydrogen-bond donors (Lipinski definition) is 1. The minimum absolute atomic E-state index is 0.144. The number of allylic oxidation sites excluding steroid dienone is 2. The fraction of sp³-hybridized carbons (Fsp3) is 0.300. The van der Waals surface area contributed by atoms with Crippen LogP contribution in [0.2, 0.25) is 0 Å². The van der Waals surface area contributed by atoms with Crippen LogP contribution in [-0.2, 0) is 0 Å². The van der Waals surface area contributed by atoms with Crippen LogP contribution in [0.4, 0.5) is 4.39 Å². The highest BCUT2D eigenvalue weighted by atomic mass is 35.5. The van der Waals surface area contributed by atoms with Gasteiger partial charge in [0.15, 0.2) is 5.29 Å². The van der Waals surface area contributed by atoms with Gasteiger partial charge < -0.3 is 5.32 Å². The fourth-order valence-electron chi connectivity index (χ4n) is 0.623. The molecule has 0 rings (SSSR count). The third-order valence-corrected chi connectivity index (χ3v) is 1.46. The summed E-state index contributed by atoms with van der Waals surface area (Å²) in [5.41, 5.74) is 1.05. The summed E-state index contributed by atoms with van der Waals surface area (Å²) in [6.45, 7) is 12.7. The Kier molecular flexibility index (Phi) is 9.35. The van der Waals surface area contributed by atoms with Crippen LogP contribution in [0, 0.1) is 0 Å². The number of aliphatic imine (C=N–C) groups is 1. The molecule has 0 aromatic heterocycles. The summed E-state index contributed by atoms with van der Waals surface area (Å²) in [6.07, 6.45) is 0. The number of halogens is 2. The smallest absolute Gasteiger partial charge is 0.195 e. The fourth-order valence-corrected chi connectivity index (χ4v) is 0.718. The molecule has 2 nitrogen and oxygen atoms in total. The Labute approximate surface area is 89.9 Å². The molecule has 0 aliphatic rings. The van der Waals surface area contributed by atoms with E-state index in [4.69, 9.17) is 11.6 Å². The van der Waals surface area contributed by atoms with Gasteiger partial charge in [-0.15, -0.1) is 13.2 Å². The van der Waals surface area contributed by atoms with E-state index in [2.05, 4.69) is 30.0 Å². The highest BCUT2D eigenvalue weighted by Crippen LogP contribution is 2.11. The van der Waals surface area contributed by atoms with E-state index >= 15 is 0 Å². The van der Waals surface area contributed by atoms with E-state index in [9.17, 15) is 4.39 Å². The number of nitrogens with one attached hydrogen (secondary N) is 1. The molecular formula is C10H16ClFN2. The molecule has 0 unspecified atom stereocenters. The van der Waals surface area contributed by atoms with Gasteiger partial charge in [-0.05, 0) is 31.0 Å². The lowest BCUT2D eigenvalue weighted by Gasteiger charge is -2.07. The monoisotopic (exact) mass is 218 g/mol. The standard InChI is InChI=1S/C8H12ClFN2.C2H4/c1-5(2)7(6(3)10)12-8(9)11-4;1-2/h3H2,1-2,4H3,(H,11,12);1-2H2. The van der Waals surface area contributed by atoms with Crippen molar-refractivity contribution in [1.29, 1.82) is 0 Å². The Hall–Kier alpha value is -1.09. The van der Waals surface area contributed by atoms with Gasteiger partial charge in [0.05, 0.1) is 5.70 Å². The van der Waals surface area contributed by atoms with Gasteiger partial charge in [-0.25, -0.2) is 4.39 Å². The SMILES string of the molecule is C=C.C=C(F)C(NC(Cl)=NC)=C(C)C. The number of hydrogen-bond acceptors (Lipinski definition) is 1. The third kappa shape index (κ3) is 6.43. The Morgan fingerprint density at radius 2 is 1.79 bits per heavy atom. The summed E-state index contributed by atoms with van der Waals surface area (Å²) in [4.78, 5) is 3.62. The van der Waals surface area contributed by atoms with E-state index in [1.165, 1.54) is 7.05 Å². The molecule has 14 heavy (non-hydrogen) atoms. The van der Waals surface area contributed by atoms with Gasteiger partial charge in [-0.1, -0.05) is 6.58 Å². The highest BCUT2D eigenvalue weighted by molar-refractivity contribution is 6.64. The topological polar surface area (TPSA) is 24.4 Å². The lowest BCUT2D eigenvalue weighted by atomic mass is 10.2. The molecule has 0 heterocycles. The molecule has 0 fully saturated rings. The molecule has 0 aromatic rings. The van der Waals surface area contributed by atoms with Crippen molar-refractivity contribution >= 4 is 16.9 Å². The van der Waals surface area contributed by atoms with Gasteiger partial charge in [0.25, 0.3) is 0 Å². The van der Waals surface area contributed by atoms with Crippen LogP contribution in [0.3, 0.4) is 0 Å². The van der Waals surface area contributed by atoms with Crippen molar-refractivity contribution in [3.63, 3.8) is 0 Å². The predicted molar refractivity (Wildman–Crippen MR) is 62.2 cm³/mol. The minimum atomic E-state index is -0.545. The van der Waals surface area contributed by atoms with E-state index in [1.54, 1.807) is 13.8 Å². The first-order chi connectivity index (χ1) is 6.49. The third-order valence-electron chi connectivity index (χ3n) is 1.20. The second kappa shape index (κ2) is 8.51. The molecule has 80 valence electrons. The zero-order valence-corrected chi connectivity index (χ0v) is 9.58. The molecule has 0 aliphatic carbocycles. The average Bonchev–Trinajstić information content (AvgIpc) is 2.15. The molecule has 0 radical (unpaired) electrons. The normalized spacial score (nSPS) is 9.64. The van der Waals surface area contributed by atoms with E-state index in [0.717, 1.165) is 5.57 Å². The summed E-state index contributed by atoms with van der Waals surface area (Å²) in [6, 6.07) is 0. The van der Waals surface area contributed by atoms with Crippen LogP contribution in [-0.4, -0.2) is 12.3 Å². The maximum absolute atomic E-state index is 12.7. The molecule has 1 N–H and O–H groups in total. The van der Waals surface area contributed by atoms with Crippen molar-refractivity contribution in [3.8, 4) is 0 Å². The Morgan fingerprint density at radius 3 is 2.00 bits per heavy atom. The van der Waals surface area contributed by atoms with Crippen molar-refractivity contribution in [2.45, 2.75) is 13.8 Å². The maximum Gasteiger partial charge on any atom is 0.195 e. The Balaban J connectivity index is 0. The molecule has 0 amide bonds. The largest absolute Gasteiger partial charge is 0.328 e. The van der Waals surface area contributed by atoms with Crippen LogP contribution in [0.15, 0.2) is 41.8 Å². The van der Waals surface area contributed by atoms with Crippen molar-refractivity contribution in [2.75, 3.05) is 7.05 Å². The summed E-state index contributed by atoms with van der Waals surface area (Å²) in [7, 11) is 1.51. The van der Waals surface area contributed by atoms with Gasteiger partial charge in [-0.2, -0.15) is 0 Å². The predicted octanol–water partition coefficient (Wildman–Crippen LogP) is 3.38. The van der Waals surface area contributed by atoms with E-state index in [0.29, 0.717) is 0 Å². The van der Waals surface area contributed by atoms with Crippen molar-refractivity contribution < 1.29 is 4.39 Å². The molecule has 0 aliphatic heterocycles. The number of amidine groups is 1. The van der Waals surface area contributed by atoms with Gasteiger partial charge in [0, 0.05) is 7.05 Å². The van der Waals surface area contributed by atoms with Gasteiger partial charge in [0.1, 0.15) is 5.83 Å². The summed E-state index contributed by atoms with van der Waals surface area (Å²) >= 11 is 5.55. The summed E-state index contributed by atoms with van der Waals surface area (Å²) < 4.78 is 12.7. The maximum atomic E-state index is 12.7. The lowest BCUT2D eigenvalue weighted by molar-refractivity contribution is 0.642. The summed E-state index contributed by atoms with van der Waals surface area (Å²) in [5, 5.41) is 2.73. The van der Waals surface area contributed by atoms with Crippen molar-refractivity contribution in [3.05, 3.63) is 36.8 Å². The molecule has 0 saturated heterocycles. The first kappa shape index (κ1) is 15.4. The zero-order chi connectivity index (χ0) is 11.7. The van der Waals surface area contributed by atoms with E-state index < -0.39 is 5.83 Å². The molecule has 0 atom stereocenters. The minimum Gasteiger partial charge on any atom is -0.328 e. The van der Waals surface area contributed by atoms with Crippen LogP contribution in [0.5, 0.6) is 0 Å². The summed E-state index contributed by atoms with van der Waals surface area (Å²) in [5.74, 6) is -0.545. The zero-order valence-electron chi connectivity index (χ0n) is 8.82. The van der Waals surface area contributed by atoms with Gasteiger partial charge in [-0.3, -0.25) is 4.99 Å². The average molecular weight is 219 g/mol. The number of rotatable bonds is 2. The van der Waals surface area contributed by atoms with Gasteiger partial charge in [0.2, 0.25) is 0 Å². The van der Waals surface area contributed by atoms with Crippen LogP contribution in [0.25, 0.3) is 0 Å². The van der Waals surface area contributed by atoms with Crippen molar-refractivity contribution in [2.24, 2.45) is 4.99 Å². The van der Waals surface area contributed by atoms with Crippen molar-refractivity contribution in [1.82, 2.24) is 5.32 Å². The second-order valence-electron chi connectivity index (χ2n) is 2.42. The van der Waals surface area contributed by atoms with Gasteiger partial charge >= 0.3 is 0 Å². The molecule has 0 spiro atoms. The Morgan fingerprint density at radius 1 is 1.36 bits per heavy atom. The highest BCUT2D eigenvalue weighted by Gasteiger charge is 2.04. The van der Waals surface area contributed by atoms with Crippen LogP contribution >= 0.6 is 11.6 Å². The molecule has 4 heteroatoms. The van der Waals surface area contributed by atoms with E-state index in [1.807, 2.05) is 0 Å². The Bertz CT molecular complexity index is 253. The number of nitrogens with zero attached hydrogens (tertiary/aromatic N) is 1. The quantitative estimate of drug-likeness (QED) is 0.248. The molecule has 0 saturated carbocycles. The first-order valence-electron chi connectivity index (χ1n) is 3.90. The molecule has 0 aromatic carbocycles.